The molecule has 10 rings (SSSR count). The summed E-state index contributed by atoms with van der Waals surface area (Å²) in [4.78, 5) is 28.8. The van der Waals surface area contributed by atoms with Gasteiger partial charge in [-0.05, 0) is 190 Å². The molecule has 18 nitrogen and oxygen atoms in total. The number of ether oxygens (including phenoxy) is 8. The SMILES string of the molecule is CC(C)(C)c1cc2c(OCC#N)c(c1)Cc1cc(C(C)(C)C)cc(c1OCC#N)Cc1cc(C(C)(C)C)cc(c1OCC(=O)NCCCCCCCCNC(=O)COc1c3cc(C(C)(C)C)cc1Cc1cc(C(C)(C)C)cc(c1OCC#N)Cc1cc(C(C)(C)C)cc(c1OCC#N)Cc1cc(C(C)(C)C)cc(c1OCC#N)C3)Cc1cc(C(C)(C)C)cc(c1OCC#N)C2. The summed E-state index contributed by atoms with van der Waals surface area (Å²) >= 11 is 0. The highest BCUT2D eigenvalue weighted by Gasteiger charge is 2.35. The van der Waals surface area contributed by atoms with Crippen LogP contribution in [0.4, 0.5) is 0 Å². The Labute approximate surface area is 775 Å². The van der Waals surface area contributed by atoms with Gasteiger partial charge >= 0.3 is 0 Å². The van der Waals surface area contributed by atoms with Crippen LogP contribution < -0.4 is 48.5 Å². The first-order valence-corrected chi connectivity index (χ1v) is 46.1. The summed E-state index contributed by atoms with van der Waals surface area (Å²) in [5.74, 6) is 3.98. The van der Waals surface area contributed by atoms with Gasteiger partial charge in [0, 0.05) is 64.5 Å². The van der Waals surface area contributed by atoms with E-state index < -0.39 is 0 Å². The van der Waals surface area contributed by atoms with E-state index in [1.165, 1.54) is 0 Å². The summed E-state index contributed by atoms with van der Waals surface area (Å²) in [5.41, 5.74) is 19.1. The lowest BCUT2D eigenvalue weighted by Crippen LogP contribution is -2.30. The fourth-order valence-electron chi connectivity index (χ4n) is 17.1. The number of carbonyl (C=O) groups is 2. The van der Waals surface area contributed by atoms with Gasteiger partial charge in [-0.2, -0.15) is 31.6 Å². The van der Waals surface area contributed by atoms with Crippen molar-refractivity contribution in [1.82, 2.24) is 10.6 Å². The lowest BCUT2D eigenvalue weighted by atomic mass is 9.79. The number of hydrogen-bond donors (Lipinski definition) is 2. The molecule has 2 amide bonds. The third-order valence-corrected chi connectivity index (χ3v) is 24.5. The van der Waals surface area contributed by atoms with Crippen molar-refractivity contribution >= 4 is 11.8 Å². The minimum atomic E-state index is -0.358. The molecule has 0 unspecified atom stereocenters. The molecule has 0 fully saturated rings. The van der Waals surface area contributed by atoms with Crippen LogP contribution in [0.1, 0.15) is 338 Å². The summed E-state index contributed by atoms with van der Waals surface area (Å²) in [6, 6.07) is 48.2. The normalized spacial score (nSPS) is 13.0. The summed E-state index contributed by atoms with van der Waals surface area (Å²) in [6.45, 7) is 51.4. The Morgan fingerprint density at radius 2 is 0.346 bits per heavy atom. The van der Waals surface area contributed by atoms with Crippen molar-refractivity contribution in [2.75, 3.05) is 65.9 Å². The Bertz CT molecular complexity index is 5130. The molecule has 0 radical (unpaired) electrons. The first-order valence-electron chi connectivity index (χ1n) is 46.1. The number of carbonyl (C=O) groups excluding carboxylic acids is 2. The Hall–Kier alpha value is -12.0. The summed E-state index contributed by atoms with van der Waals surface area (Å²) < 4.78 is 53.8. The molecule has 0 aromatic heterocycles. The number of rotatable bonds is 27. The van der Waals surface area contributed by atoms with E-state index in [0.717, 1.165) is 172 Å². The average Bonchev–Trinajstić information content (AvgIpc) is 0.759. The summed E-state index contributed by atoms with van der Waals surface area (Å²) in [5, 5.41) is 67.8. The molecule has 2 aliphatic carbocycles. The fraction of sp³-hybridized carbons (Fsp3) is 0.500. The second-order valence-corrected chi connectivity index (χ2v) is 43.5. The van der Waals surface area contributed by atoms with Crippen LogP contribution in [0.5, 0.6) is 46.0 Å². The first kappa shape index (κ1) is 100. The lowest BCUT2D eigenvalue weighted by molar-refractivity contribution is -0.123. The second kappa shape index (κ2) is 41.9. The van der Waals surface area contributed by atoms with Gasteiger partial charge in [0.15, 0.2) is 52.9 Å². The highest BCUT2D eigenvalue weighted by Crippen LogP contribution is 2.49. The molecule has 16 bridgehead atoms. The van der Waals surface area contributed by atoms with E-state index in [4.69, 9.17) is 37.9 Å². The van der Waals surface area contributed by atoms with Crippen molar-refractivity contribution in [2.45, 2.75) is 299 Å². The average molecular weight is 1760 g/mol. The van der Waals surface area contributed by atoms with Gasteiger partial charge in [-0.25, -0.2) is 0 Å². The zero-order valence-corrected chi connectivity index (χ0v) is 82.0. The number of nitrogens with one attached hydrogen (secondary N) is 2. The maximum Gasteiger partial charge on any atom is 0.257 e. The number of unbranched alkanes of at least 4 members (excludes halogenated alkanes) is 5. The van der Waals surface area contributed by atoms with E-state index in [-0.39, 0.29) is 108 Å². The third-order valence-electron chi connectivity index (χ3n) is 24.5. The molecule has 0 aliphatic heterocycles. The van der Waals surface area contributed by atoms with Gasteiger partial charge in [-0.1, -0.05) is 289 Å². The van der Waals surface area contributed by atoms with Crippen molar-refractivity contribution in [2.24, 2.45) is 0 Å². The zero-order chi connectivity index (χ0) is 95.2. The van der Waals surface area contributed by atoms with E-state index in [9.17, 15) is 41.2 Å². The Kier molecular flexibility index (Phi) is 32.3. The van der Waals surface area contributed by atoms with Gasteiger partial charge in [0.2, 0.25) is 0 Å². The standard InChI is InChI=1S/C112H138N8O10/c1-105(2,3)87-53-71-45-75-57-89(107(7,8)9)61-79(99(75)125-41-33-115)49-83-65-93(111(19,20)21)66-84(50-80-62-90(108(10,11)12)58-76(100(80)126-42-34-116)46-72(54-87)97(71)123-39-31-113)103(83)129-69-95(121)119-37-29-27-25-26-28-30-38-120-96(122)70-130-104-85-51-81-63-91(109(13,14)15)59-77(101(81)127-43-35-117)47-73-55-88(106(4,5)6)56-74(98(73)124-40-32-114)48-78-60-92(110(16,17)18)64-82(102(78)128-44-36-118)52-86(104)68-94(67-85)112(22,23)24/h53-68H,25-30,37-52,69-70H2,1-24H3,(H,119,121)(H,120,122). The minimum absolute atomic E-state index is 0.197. The quantitative estimate of drug-likeness (QED) is 0.0453. The summed E-state index contributed by atoms with van der Waals surface area (Å²) in [6.07, 6.45) is 7.58. The van der Waals surface area contributed by atoms with Crippen molar-refractivity contribution in [3.05, 3.63) is 231 Å². The number of hydrogen-bond acceptors (Lipinski definition) is 16. The molecule has 686 valence electrons. The van der Waals surface area contributed by atoms with Gasteiger partial charge in [0.25, 0.3) is 11.8 Å². The van der Waals surface area contributed by atoms with Crippen LogP contribution in [0.25, 0.3) is 0 Å². The molecule has 0 atom stereocenters. The predicted molar refractivity (Wildman–Crippen MR) is 515 cm³/mol. The maximum absolute atomic E-state index is 14.4. The van der Waals surface area contributed by atoms with E-state index in [1.807, 2.05) is 0 Å². The number of nitriles is 6. The Morgan fingerprint density at radius 3 is 0.469 bits per heavy atom. The van der Waals surface area contributed by atoms with E-state index in [0.29, 0.717) is 110 Å². The molecule has 130 heavy (non-hydrogen) atoms. The predicted octanol–water partition coefficient (Wildman–Crippen LogP) is 22.9. The van der Waals surface area contributed by atoms with Crippen LogP contribution in [0.2, 0.25) is 0 Å². The zero-order valence-electron chi connectivity index (χ0n) is 82.0. The number of amides is 2. The molecule has 8 aromatic carbocycles. The van der Waals surface area contributed by atoms with Gasteiger partial charge < -0.3 is 48.5 Å². The van der Waals surface area contributed by atoms with Crippen molar-refractivity contribution < 1.29 is 47.5 Å². The van der Waals surface area contributed by atoms with Crippen LogP contribution in [0.15, 0.2) is 97.1 Å². The van der Waals surface area contributed by atoms with Gasteiger partial charge in [0.1, 0.15) is 82.4 Å². The third kappa shape index (κ3) is 26.0. The molecule has 0 saturated carbocycles. The van der Waals surface area contributed by atoms with Crippen LogP contribution >= 0.6 is 0 Å². The number of fused-ring (bicyclic) bond motifs is 16. The molecule has 0 spiro atoms. The monoisotopic (exact) mass is 1760 g/mol. The molecule has 8 aromatic rings. The van der Waals surface area contributed by atoms with Crippen molar-refractivity contribution in [1.29, 1.82) is 31.6 Å². The molecule has 18 heteroatoms. The second-order valence-electron chi connectivity index (χ2n) is 43.5. The molecule has 2 aliphatic rings. The molecule has 0 heterocycles. The van der Waals surface area contributed by atoms with Gasteiger partial charge in [-0.3, -0.25) is 9.59 Å². The fourth-order valence-corrected chi connectivity index (χ4v) is 17.1. The van der Waals surface area contributed by atoms with Gasteiger partial charge in [-0.15, -0.1) is 0 Å². The molecule has 2 N–H and O–H groups in total. The molecular weight excluding hydrogens is 1620 g/mol. The highest BCUT2D eigenvalue weighted by atomic mass is 16.5. The maximum atomic E-state index is 14.4. The topological polar surface area (TPSA) is 275 Å². The molecular formula is C112H138N8O10. The Morgan fingerprint density at radius 1 is 0.223 bits per heavy atom. The van der Waals surface area contributed by atoms with Crippen LogP contribution in [-0.4, -0.2) is 77.8 Å². The Balaban J connectivity index is 0.896. The van der Waals surface area contributed by atoms with E-state index in [2.05, 4.69) is 310 Å². The van der Waals surface area contributed by atoms with Crippen molar-refractivity contribution in [3.63, 3.8) is 0 Å². The minimum Gasteiger partial charge on any atom is -0.483 e. The number of nitrogens with zero attached hydrogens (tertiary/aromatic N) is 6. The van der Waals surface area contributed by atoms with E-state index in [1.54, 1.807) is 0 Å². The highest BCUT2D eigenvalue weighted by molar-refractivity contribution is 5.78. The summed E-state index contributed by atoms with van der Waals surface area (Å²) in [7, 11) is 0. The van der Waals surface area contributed by atoms with Crippen LogP contribution in [-0.2, 0) is 104 Å². The molecule has 0 saturated heterocycles. The van der Waals surface area contributed by atoms with Crippen molar-refractivity contribution in [3.8, 4) is 82.4 Å². The largest absolute Gasteiger partial charge is 0.483 e. The van der Waals surface area contributed by atoms with E-state index >= 15 is 0 Å². The van der Waals surface area contributed by atoms with Gasteiger partial charge in [0.05, 0.1) is 0 Å². The first-order chi connectivity index (χ1) is 61.0. The van der Waals surface area contributed by atoms with Crippen LogP contribution in [0, 0.1) is 68.0 Å². The number of benzene rings is 8. The lowest BCUT2D eigenvalue weighted by Gasteiger charge is -2.29. The van der Waals surface area contributed by atoms with Crippen LogP contribution in [0.3, 0.4) is 0 Å². The smallest absolute Gasteiger partial charge is 0.257 e.